The van der Waals surface area contributed by atoms with E-state index in [1.807, 2.05) is 23.0 Å². The molecule has 0 spiro atoms. The molecule has 120 valence electrons. The van der Waals surface area contributed by atoms with Gasteiger partial charge in [-0.25, -0.2) is 4.98 Å². The molecule has 1 saturated carbocycles. The first-order valence-corrected chi connectivity index (χ1v) is 9.11. The van der Waals surface area contributed by atoms with Crippen molar-refractivity contribution in [3.63, 3.8) is 0 Å². The SMILES string of the molecule is O=C1Cn2cnc(-c3cccc(Br)c3)c2CN1C1CCCCC1. The molecule has 0 radical (unpaired) electrons. The van der Waals surface area contributed by atoms with Gasteiger partial charge in [0.15, 0.2) is 0 Å². The maximum absolute atomic E-state index is 12.5. The summed E-state index contributed by atoms with van der Waals surface area (Å²) in [4.78, 5) is 19.2. The molecule has 1 amide bonds. The first kappa shape index (κ1) is 14.9. The number of imidazole rings is 1. The Kier molecular flexibility index (Phi) is 3.97. The molecule has 2 aliphatic rings. The second kappa shape index (κ2) is 6.11. The van der Waals surface area contributed by atoms with Crippen molar-refractivity contribution in [2.75, 3.05) is 0 Å². The highest BCUT2D eigenvalue weighted by molar-refractivity contribution is 9.10. The molecule has 0 saturated heterocycles. The molecule has 4 rings (SSSR count). The lowest BCUT2D eigenvalue weighted by molar-refractivity contribution is -0.137. The molecule has 23 heavy (non-hydrogen) atoms. The Morgan fingerprint density at radius 1 is 1.13 bits per heavy atom. The summed E-state index contributed by atoms with van der Waals surface area (Å²) in [5.74, 6) is 0.239. The Hall–Kier alpha value is -1.62. The molecule has 0 atom stereocenters. The fourth-order valence-corrected chi connectivity index (χ4v) is 4.20. The van der Waals surface area contributed by atoms with Gasteiger partial charge in [0.1, 0.15) is 6.54 Å². The zero-order valence-electron chi connectivity index (χ0n) is 13.0. The smallest absolute Gasteiger partial charge is 0.243 e. The normalized spacial score (nSPS) is 19.0. The Labute approximate surface area is 144 Å². The highest BCUT2D eigenvalue weighted by Crippen LogP contribution is 2.31. The van der Waals surface area contributed by atoms with Gasteiger partial charge in [0.25, 0.3) is 0 Å². The summed E-state index contributed by atoms with van der Waals surface area (Å²) < 4.78 is 3.06. The summed E-state index contributed by atoms with van der Waals surface area (Å²) >= 11 is 3.53. The molecule has 4 nitrogen and oxygen atoms in total. The van der Waals surface area contributed by atoms with Crippen molar-refractivity contribution >= 4 is 21.8 Å². The maximum atomic E-state index is 12.5. The number of rotatable bonds is 2. The minimum Gasteiger partial charge on any atom is -0.332 e. The third kappa shape index (κ3) is 2.82. The van der Waals surface area contributed by atoms with Gasteiger partial charge in [-0.3, -0.25) is 4.79 Å². The van der Waals surface area contributed by atoms with Crippen LogP contribution in [0, 0.1) is 0 Å². The third-order valence-corrected chi connectivity index (χ3v) is 5.50. The summed E-state index contributed by atoms with van der Waals surface area (Å²) in [5.41, 5.74) is 3.26. The Morgan fingerprint density at radius 3 is 2.74 bits per heavy atom. The van der Waals surface area contributed by atoms with Gasteiger partial charge in [-0.2, -0.15) is 0 Å². The van der Waals surface area contributed by atoms with Crippen LogP contribution in [0.2, 0.25) is 0 Å². The highest BCUT2D eigenvalue weighted by atomic mass is 79.9. The quantitative estimate of drug-likeness (QED) is 0.797. The summed E-state index contributed by atoms with van der Waals surface area (Å²) in [7, 11) is 0. The van der Waals surface area contributed by atoms with Crippen molar-refractivity contribution in [1.29, 1.82) is 0 Å². The zero-order chi connectivity index (χ0) is 15.8. The lowest BCUT2D eigenvalue weighted by atomic mass is 9.93. The number of carbonyl (C=O) groups is 1. The first-order valence-electron chi connectivity index (χ1n) is 8.32. The number of fused-ring (bicyclic) bond motifs is 1. The van der Waals surface area contributed by atoms with Crippen LogP contribution >= 0.6 is 15.9 Å². The zero-order valence-corrected chi connectivity index (χ0v) is 14.6. The Balaban J connectivity index is 1.67. The topological polar surface area (TPSA) is 38.1 Å². The van der Waals surface area contributed by atoms with Crippen LogP contribution in [0.1, 0.15) is 37.8 Å². The van der Waals surface area contributed by atoms with Crippen LogP contribution in [0.3, 0.4) is 0 Å². The van der Waals surface area contributed by atoms with E-state index in [0.717, 1.165) is 34.3 Å². The van der Waals surface area contributed by atoms with Gasteiger partial charge >= 0.3 is 0 Å². The van der Waals surface area contributed by atoms with E-state index in [9.17, 15) is 4.79 Å². The fourth-order valence-electron chi connectivity index (χ4n) is 3.80. The van der Waals surface area contributed by atoms with E-state index >= 15 is 0 Å². The van der Waals surface area contributed by atoms with Crippen LogP contribution in [-0.4, -0.2) is 26.4 Å². The molecule has 0 N–H and O–H groups in total. The average molecular weight is 374 g/mol. The number of benzene rings is 1. The number of aromatic nitrogens is 2. The van der Waals surface area contributed by atoms with Gasteiger partial charge in [-0.1, -0.05) is 47.3 Å². The molecular weight excluding hydrogens is 354 g/mol. The first-order chi connectivity index (χ1) is 11.2. The van der Waals surface area contributed by atoms with E-state index in [1.165, 1.54) is 19.3 Å². The number of nitrogens with zero attached hydrogens (tertiary/aromatic N) is 3. The minimum absolute atomic E-state index is 0.239. The monoisotopic (exact) mass is 373 g/mol. The lowest BCUT2D eigenvalue weighted by Crippen LogP contribution is -2.46. The van der Waals surface area contributed by atoms with Gasteiger partial charge in [-0.15, -0.1) is 0 Å². The molecule has 1 aromatic carbocycles. The van der Waals surface area contributed by atoms with E-state index in [2.05, 4.69) is 37.9 Å². The second-order valence-corrected chi connectivity index (χ2v) is 7.41. The van der Waals surface area contributed by atoms with Crippen molar-refractivity contribution in [3.8, 4) is 11.3 Å². The second-order valence-electron chi connectivity index (χ2n) is 6.49. The predicted molar refractivity (Wildman–Crippen MR) is 92.8 cm³/mol. The molecule has 1 aromatic heterocycles. The van der Waals surface area contributed by atoms with Crippen molar-refractivity contribution in [2.24, 2.45) is 0 Å². The molecule has 0 unspecified atom stereocenters. The van der Waals surface area contributed by atoms with Crippen molar-refractivity contribution < 1.29 is 4.79 Å². The molecule has 2 aromatic rings. The standard InChI is InChI=1S/C18H20BrN3O/c19-14-6-4-5-13(9-14)18-16-10-22(15-7-2-1-3-8-15)17(23)11-21(16)12-20-18/h4-6,9,12,15H,1-3,7-8,10-11H2. The molecule has 5 heteroatoms. The van der Waals surface area contributed by atoms with Crippen molar-refractivity contribution in [3.05, 3.63) is 40.8 Å². The molecular formula is C18H20BrN3O. The van der Waals surface area contributed by atoms with Gasteiger partial charge in [-0.05, 0) is 25.0 Å². The molecule has 1 fully saturated rings. The summed E-state index contributed by atoms with van der Waals surface area (Å²) in [6, 6.07) is 8.62. The molecule has 2 heterocycles. The maximum Gasteiger partial charge on any atom is 0.243 e. The largest absolute Gasteiger partial charge is 0.332 e. The molecule has 1 aliphatic heterocycles. The van der Waals surface area contributed by atoms with Crippen LogP contribution in [0.15, 0.2) is 35.1 Å². The molecule has 0 bridgehead atoms. The molecule has 1 aliphatic carbocycles. The Morgan fingerprint density at radius 2 is 1.96 bits per heavy atom. The number of hydrogen-bond acceptors (Lipinski definition) is 2. The summed E-state index contributed by atoms with van der Waals surface area (Å²) in [6.45, 7) is 1.11. The fraction of sp³-hybridized carbons (Fsp3) is 0.444. The third-order valence-electron chi connectivity index (χ3n) is 5.01. The van der Waals surface area contributed by atoms with Crippen LogP contribution < -0.4 is 0 Å². The van der Waals surface area contributed by atoms with E-state index in [0.29, 0.717) is 19.1 Å². The van der Waals surface area contributed by atoms with Crippen LogP contribution in [0.25, 0.3) is 11.3 Å². The van der Waals surface area contributed by atoms with E-state index < -0.39 is 0 Å². The number of halogens is 1. The highest BCUT2D eigenvalue weighted by Gasteiger charge is 2.31. The number of hydrogen-bond donors (Lipinski definition) is 0. The number of carbonyl (C=O) groups excluding carboxylic acids is 1. The lowest BCUT2D eigenvalue weighted by Gasteiger charge is -2.37. The van der Waals surface area contributed by atoms with Crippen LogP contribution in [0.5, 0.6) is 0 Å². The Bertz CT molecular complexity index is 734. The number of amides is 1. The van der Waals surface area contributed by atoms with Crippen LogP contribution in [-0.2, 0) is 17.9 Å². The van der Waals surface area contributed by atoms with E-state index in [1.54, 1.807) is 0 Å². The van der Waals surface area contributed by atoms with Gasteiger partial charge < -0.3 is 9.47 Å². The summed E-state index contributed by atoms with van der Waals surface area (Å²) in [5, 5.41) is 0. The van der Waals surface area contributed by atoms with Crippen molar-refractivity contribution in [2.45, 2.75) is 51.2 Å². The van der Waals surface area contributed by atoms with Gasteiger partial charge in [0.2, 0.25) is 5.91 Å². The van der Waals surface area contributed by atoms with Gasteiger partial charge in [0.05, 0.1) is 24.3 Å². The van der Waals surface area contributed by atoms with E-state index in [4.69, 9.17) is 0 Å². The van der Waals surface area contributed by atoms with E-state index in [-0.39, 0.29) is 5.91 Å². The van der Waals surface area contributed by atoms with Crippen molar-refractivity contribution in [1.82, 2.24) is 14.5 Å². The van der Waals surface area contributed by atoms with Crippen LogP contribution in [0.4, 0.5) is 0 Å². The summed E-state index contributed by atoms with van der Waals surface area (Å²) in [6.07, 6.45) is 7.89. The minimum atomic E-state index is 0.239. The average Bonchev–Trinajstić information content (AvgIpc) is 2.97. The van der Waals surface area contributed by atoms with Gasteiger partial charge in [0, 0.05) is 16.1 Å². The predicted octanol–water partition coefficient (Wildman–Crippen LogP) is 3.99.